The molecule has 0 bridgehead atoms. The molecule has 118 valence electrons. The van der Waals surface area contributed by atoms with Gasteiger partial charge in [0.25, 0.3) is 0 Å². The van der Waals surface area contributed by atoms with E-state index in [1.807, 2.05) is 19.2 Å². The fourth-order valence-corrected chi connectivity index (χ4v) is 3.11. The lowest BCUT2D eigenvalue weighted by Crippen LogP contribution is -2.32. The first-order chi connectivity index (χ1) is 10.1. The minimum absolute atomic E-state index is 0.243. The molecule has 1 aromatic rings. The third-order valence-electron chi connectivity index (χ3n) is 4.67. The van der Waals surface area contributed by atoms with Gasteiger partial charge >= 0.3 is 0 Å². The molecule has 1 saturated heterocycles. The van der Waals surface area contributed by atoms with E-state index in [0.29, 0.717) is 0 Å². The summed E-state index contributed by atoms with van der Waals surface area (Å²) in [6.45, 7) is 8.02. The third kappa shape index (κ3) is 3.69. The molecule has 0 aromatic heterocycles. The molecule has 3 unspecified atom stereocenters. The van der Waals surface area contributed by atoms with Crippen LogP contribution in [0.25, 0.3) is 0 Å². The van der Waals surface area contributed by atoms with Gasteiger partial charge in [-0.05, 0) is 37.1 Å². The van der Waals surface area contributed by atoms with Crippen LogP contribution in [0.3, 0.4) is 0 Å². The van der Waals surface area contributed by atoms with Gasteiger partial charge in [-0.15, -0.1) is 0 Å². The highest BCUT2D eigenvalue weighted by molar-refractivity contribution is 5.42. The SMILES string of the molecule is CNC(CN1CC(C)C(C)C1)c1cc(OC)ccc1OC. The van der Waals surface area contributed by atoms with E-state index in [9.17, 15) is 0 Å². The Labute approximate surface area is 128 Å². The number of ether oxygens (including phenoxy) is 2. The fraction of sp³-hybridized carbons (Fsp3) is 0.647. The lowest BCUT2D eigenvalue weighted by Gasteiger charge is -2.25. The van der Waals surface area contributed by atoms with Gasteiger partial charge in [0.15, 0.2) is 0 Å². The van der Waals surface area contributed by atoms with E-state index in [-0.39, 0.29) is 6.04 Å². The third-order valence-corrected chi connectivity index (χ3v) is 4.67. The molecular formula is C17H28N2O2. The highest BCUT2D eigenvalue weighted by Crippen LogP contribution is 2.31. The Kier molecular flexibility index (Phi) is 5.48. The van der Waals surface area contributed by atoms with E-state index in [4.69, 9.17) is 9.47 Å². The van der Waals surface area contributed by atoms with E-state index >= 15 is 0 Å². The second-order valence-electron chi connectivity index (χ2n) is 6.12. The highest BCUT2D eigenvalue weighted by atomic mass is 16.5. The summed E-state index contributed by atoms with van der Waals surface area (Å²) < 4.78 is 10.9. The highest BCUT2D eigenvalue weighted by Gasteiger charge is 2.28. The first-order valence-electron chi connectivity index (χ1n) is 7.70. The summed E-state index contributed by atoms with van der Waals surface area (Å²) in [5.74, 6) is 3.33. The number of rotatable bonds is 6. The zero-order valence-corrected chi connectivity index (χ0v) is 13.8. The Morgan fingerprint density at radius 2 is 1.86 bits per heavy atom. The van der Waals surface area contributed by atoms with Crippen LogP contribution in [0.5, 0.6) is 11.5 Å². The van der Waals surface area contributed by atoms with Crippen molar-refractivity contribution in [3.05, 3.63) is 23.8 Å². The van der Waals surface area contributed by atoms with Crippen molar-refractivity contribution in [2.24, 2.45) is 11.8 Å². The molecule has 1 aliphatic rings. The predicted octanol–water partition coefficient (Wildman–Crippen LogP) is 2.55. The van der Waals surface area contributed by atoms with Crippen LogP contribution in [0.2, 0.25) is 0 Å². The molecule has 1 fully saturated rings. The maximum atomic E-state index is 5.52. The van der Waals surface area contributed by atoms with Gasteiger partial charge in [-0.1, -0.05) is 13.8 Å². The van der Waals surface area contributed by atoms with Crippen molar-refractivity contribution in [2.45, 2.75) is 19.9 Å². The van der Waals surface area contributed by atoms with E-state index in [2.05, 4.69) is 30.1 Å². The molecule has 21 heavy (non-hydrogen) atoms. The number of hydrogen-bond donors (Lipinski definition) is 1. The summed E-state index contributed by atoms with van der Waals surface area (Å²) in [5, 5.41) is 3.42. The van der Waals surface area contributed by atoms with E-state index in [1.165, 1.54) is 13.1 Å². The van der Waals surface area contributed by atoms with Crippen molar-refractivity contribution in [1.29, 1.82) is 0 Å². The lowest BCUT2D eigenvalue weighted by atomic mass is 10.0. The van der Waals surface area contributed by atoms with Crippen molar-refractivity contribution < 1.29 is 9.47 Å². The Morgan fingerprint density at radius 3 is 2.38 bits per heavy atom. The van der Waals surface area contributed by atoms with Gasteiger partial charge in [-0.25, -0.2) is 0 Å². The summed E-state index contributed by atoms with van der Waals surface area (Å²) in [7, 11) is 5.42. The first-order valence-corrected chi connectivity index (χ1v) is 7.70. The van der Waals surface area contributed by atoms with Gasteiger partial charge in [0.1, 0.15) is 11.5 Å². The summed E-state index contributed by atoms with van der Waals surface area (Å²) in [5.41, 5.74) is 1.16. The molecule has 0 radical (unpaired) electrons. The van der Waals surface area contributed by atoms with E-state index in [1.54, 1.807) is 14.2 Å². The minimum Gasteiger partial charge on any atom is -0.497 e. The summed E-state index contributed by atoms with van der Waals surface area (Å²) in [4.78, 5) is 2.54. The Bertz CT molecular complexity index is 454. The molecule has 3 atom stereocenters. The smallest absolute Gasteiger partial charge is 0.123 e. The Balaban J connectivity index is 2.17. The van der Waals surface area contributed by atoms with Crippen LogP contribution in [-0.2, 0) is 0 Å². The van der Waals surface area contributed by atoms with Crippen LogP contribution >= 0.6 is 0 Å². The van der Waals surface area contributed by atoms with Crippen LogP contribution < -0.4 is 14.8 Å². The van der Waals surface area contributed by atoms with Gasteiger partial charge in [0.05, 0.1) is 14.2 Å². The molecule has 1 heterocycles. The molecular weight excluding hydrogens is 264 g/mol. The molecule has 1 aliphatic heterocycles. The largest absolute Gasteiger partial charge is 0.497 e. The molecule has 0 aliphatic carbocycles. The van der Waals surface area contributed by atoms with E-state index in [0.717, 1.165) is 35.4 Å². The number of likely N-dealkylation sites (N-methyl/N-ethyl adjacent to an activating group) is 1. The number of likely N-dealkylation sites (tertiary alicyclic amines) is 1. The van der Waals surface area contributed by atoms with Crippen LogP contribution in [0.1, 0.15) is 25.5 Å². The zero-order chi connectivity index (χ0) is 15.4. The summed E-state index contributed by atoms with van der Waals surface area (Å²) in [6.07, 6.45) is 0. The molecule has 2 rings (SSSR count). The van der Waals surface area contributed by atoms with Crippen molar-refractivity contribution in [3.8, 4) is 11.5 Å². The molecule has 0 saturated carbocycles. The van der Waals surface area contributed by atoms with Crippen LogP contribution in [-0.4, -0.2) is 45.8 Å². The van der Waals surface area contributed by atoms with Gasteiger partial charge in [-0.2, -0.15) is 0 Å². The maximum Gasteiger partial charge on any atom is 0.123 e. The van der Waals surface area contributed by atoms with Gasteiger partial charge in [-0.3, -0.25) is 0 Å². The number of benzene rings is 1. The number of nitrogens with zero attached hydrogens (tertiary/aromatic N) is 1. The molecule has 0 spiro atoms. The molecule has 1 N–H and O–H groups in total. The Morgan fingerprint density at radius 1 is 1.19 bits per heavy atom. The minimum atomic E-state index is 0.243. The fourth-order valence-electron chi connectivity index (χ4n) is 3.11. The summed E-state index contributed by atoms with van der Waals surface area (Å²) in [6, 6.07) is 6.23. The number of nitrogens with one attached hydrogen (secondary N) is 1. The molecule has 4 nitrogen and oxygen atoms in total. The van der Waals surface area contributed by atoms with Crippen LogP contribution in [0, 0.1) is 11.8 Å². The lowest BCUT2D eigenvalue weighted by molar-refractivity contribution is 0.283. The van der Waals surface area contributed by atoms with Crippen molar-refractivity contribution in [1.82, 2.24) is 10.2 Å². The van der Waals surface area contributed by atoms with E-state index < -0.39 is 0 Å². The van der Waals surface area contributed by atoms with Crippen molar-refractivity contribution >= 4 is 0 Å². The van der Waals surface area contributed by atoms with Gasteiger partial charge < -0.3 is 19.7 Å². The normalized spacial score (nSPS) is 24.0. The van der Waals surface area contributed by atoms with Crippen LogP contribution in [0.15, 0.2) is 18.2 Å². The topological polar surface area (TPSA) is 33.7 Å². The number of hydrogen-bond acceptors (Lipinski definition) is 4. The average Bonchev–Trinajstić information content (AvgIpc) is 2.82. The average molecular weight is 292 g/mol. The number of methoxy groups -OCH3 is 2. The second-order valence-corrected chi connectivity index (χ2v) is 6.12. The monoisotopic (exact) mass is 292 g/mol. The van der Waals surface area contributed by atoms with Gasteiger partial charge in [0.2, 0.25) is 0 Å². The predicted molar refractivity (Wildman–Crippen MR) is 86.1 cm³/mol. The molecule has 4 heteroatoms. The van der Waals surface area contributed by atoms with Gasteiger partial charge in [0, 0.05) is 31.2 Å². The second kappa shape index (κ2) is 7.14. The molecule has 1 aromatic carbocycles. The Hall–Kier alpha value is -1.26. The van der Waals surface area contributed by atoms with Crippen LogP contribution in [0.4, 0.5) is 0 Å². The van der Waals surface area contributed by atoms with Crippen molar-refractivity contribution in [2.75, 3.05) is 40.9 Å². The zero-order valence-electron chi connectivity index (χ0n) is 13.8. The standard InChI is InChI=1S/C17H28N2O2/c1-12-9-19(10-13(12)2)11-16(18-3)15-8-14(20-4)6-7-17(15)21-5/h6-8,12-13,16,18H,9-11H2,1-5H3. The summed E-state index contributed by atoms with van der Waals surface area (Å²) >= 11 is 0. The first kappa shape index (κ1) is 16.1. The van der Waals surface area contributed by atoms with Crippen molar-refractivity contribution in [3.63, 3.8) is 0 Å². The quantitative estimate of drug-likeness (QED) is 0.873. The molecule has 0 amide bonds. The maximum absolute atomic E-state index is 5.52.